The van der Waals surface area contributed by atoms with Gasteiger partial charge in [0.15, 0.2) is 0 Å². The van der Waals surface area contributed by atoms with Crippen LogP contribution in [0, 0.1) is 0 Å². The molecular formula is C12H25NO2. The Bertz CT molecular complexity index is 171. The number of nitrogens with zero attached hydrogens (tertiary/aromatic N) is 1. The fraction of sp³-hybridized carbons (Fsp3) is 0.917. The number of carbonyl (C=O) groups is 1. The van der Waals surface area contributed by atoms with E-state index >= 15 is 0 Å². The zero-order valence-electron chi connectivity index (χ0n) is 10.6. The zero-order chi connectivity index (χ0) is 11.7. The van der Waals surface area contributed by atoms with Crippen molar-refractivity contribution in [2.45, 2.75) is 52.0 Å². The molecular weight excluding hydrogens is 190 g/mol. The highest BCUT2D eigenvalue weighted by Crippen LogP contribution is 2.13. The quantitative estimate of drug-likeness (QED) is 0.622. The molecule has 0 saturated heterocycles. The summed E-state index contributed by atoms with van der Waals surface area (Å²) in [6.07, 6.45) is 5.70. The molecule has 0 fully saturated rings. The van der Waals surface area contributed by atoms with Crippen LogP contribution in [0.5, 0.6) is 0 Å². The summed E-state index contributed by atoms with van der Waals surface area (Å²) in [4.78, 5) is 13.5. The Morgan fingerprint density at radius 1 is 1.27 bits per heavy atom. The van der Waals surface area contributed by atoms with E-state index in [1.165, 1.54) is 12.8 Å². The maximum Gasteiger partial charge on any atom is 0.248 e. The van der Waals surface area contributed by atoms with Crippen LogP contribution >= 0.6 is 0 Å². The van der Waals surface area contributed by atoms with Gasteiger partial charge in [0.05, 0.1) is 0 Å². The molecule has 0 aliphatic rings. The number of unbranched alkanes of at least 4 members (excludes halogenated alkanes) is 1. The third-order valence-corrected chi connectivity index (χ3v) is 2.72. The molecule has 0 rings (SSSR count). The van der Waals surface area contributed by atoms with Crippen LogP contribution in [-0.4, -0.2) is 37.6 Å². The van der Waals surface area contributed by atoms with Crippen LogP contribution in [0.25, 0.3) is 0 Å². The summed E-state index contributed by atoms with van der Waals surface area (Å²) in [7, 11) is 3.45. The first kappa shape index (κ1) is 14.4. The van der Waals surface area contributed by atoms with Gasteiger partial charge in [0.25, 0.3) is 0 Å². The van der Waals surface area contributed by atoms with Gasteiger partial charge in [0.2, 0.25) is 5.91 Å². The maximum absolute atomic E-state index is 11.6. The molecule has 1 atom stereocenters. The molecule has 0 aromatic rings. The smallest absolute Gasteiger partial charge is 0.248 e. The van der Waals surface area contributed by atoms with Gasteiger partial charge < -0.3 is 9.64 Å². The van der Waals surface area contributed by atoms with Crippen LogP contribution in [0.2, 0.25) is 0 Å². The molecule has 0 bridgehead atoms. The molecule has 1 unspecified atom stereocenters. The van der Waals surface area contributed by atoms with Crippen LogP contribution in [0.1, 0.15) is 46.0 Å². The molecule has 0 heterocycles. The van der Waals surface area contributed by atoms with Crippen LogP contribution in [0.15, 0.2) is 0 Å². The van der Waals surface area contributed by atoms with E-state index in [0.29, 0.717) is 6.04 Å². The first-order chi connectivity index (χ1) is 7.17. The van der Waals surface area contributed by atoms with Crippen molar-refractivity contribution in [1.29, 1.82) is 0 Å². The van der Waals surface area contributed by atoms with Crippen LogP contribution < -0.4 is 0 Å². The normalized spacial score (nSPS) is 12.5. The van der Waals surface area contributed by atoms with E-state index in [0.717, 1.165) is 19.3 Å². The number of amides is 1. The molecule has 90 valence electrons. The number of likely N-dealkylation sites (N-methyl/N-ethyl adjacent to an activating group) is 1. The standard InChI is InChI=1S/C12H25NO2/c1-5-7-9-11(8-6-2)13(3)12(14)10-15-4/h11H,5-10H2,1-4H3. The predicted molar refractivity (Wildman–Crippen MR) is 62.9 cm³/mol. The van der Waals surface area contributed by atoms with Crippen molar-refractivity contribution < 1.29 is 9.53 Å². The molecule has 3 heteroatoms. The summed E-state index contributed by atoms with van der Waals surface area (Å²) in [6.45, 7) is 4.54. The van der Waals surface area contributed by atoms with E-state index in [-0.39, 0.29) is 12.5 Å². The van der Waals surface area contributed by atoms with Crippen LogP contribution in [0.3, 0.4) is 0 Å². The lowest BCUT2D eigenvalue weighted by Gasteiger charge is -2.27. The lowest BCUT2D eigenvalue weighted by atomic mass is 10.0. The lowest BCUT2D eigenvalue weighted by Crippen LogP contribution is -2.39. The molecule has 15 heavy (non-hydrogen) atoms. The van der Waals surface area contributed by atoms with Gasteiger partial charge in [0, 0.05) is 20.2 Å². The summed E-state index contributed by atoms with van der Waals surface area (Å²) >= 11 is 0. The fourth-order valence-corrected chi connectivity index (χ4v) is 1.73. The van der Waals surface area contributed by atoms with Crippen molar-refractivity contribution >= 4 is 5.91 Å². The Morgan fingerprint density at radius 3 is 2.40 bits per heavy atom. The Balaban J connectivity index is 4.13. The lowest BCUT2D eigenvalue weighted by molar-refractivity contribution is -0.136. The average Bonchev–Trinajstić information content (AvgIpc) is 2.23. The number of ether oxygens (including phenoxy) is 1. The van der Waals surface area contributed by atoms with E-state index < -0.39 is 0 Å². The molecule has 1 amide bonds. The number of rotatable bonds is 8. The largest absolute Gasteiger partial charge is 0.375 e. The van der Waals surface area contributed by atoms with E-state index in [9.17, 15) is 4.79 Å². The molecule has 0 N–H and O–H groups in total. The van der Waals surface area contributed by atoms with Crippen molar-refractivity contribution in [3.05, 3.63) is 0 Å². The van der Waals surface area contributed by atoms with E-state index in [4.69, 9.17) is 4.74 Å². The molecule has 0 radical (unpaired) electrons. The average molecular weight is 215 g/mol. The van der Waals surface area contributed by atoms with E-state index in [1.54, 1.807) is 7.11 Å². The third-order valence-electron chi connectivity index (χ3n) is 2.72. The highest BCUT2D eigenvalue weighted by molar-refractivity contribution is 5.77. The summed E-state index contributed by atoms with van der Waals surface area (Å²) < 4.78 is 4.87. The van der Waals surface area contributed by atoms with Crippen molar-refractivity contribution in [2.24, 2.45) is 0 Å². The number of hydrogen-bond donors (Lipinski definition) is 0. The number of carbonyl (C=O) groups excluding carboxylic acids is 1. The van der Waals surface area contributed by atoms with Gasteiger partial charge in [-0.3, -0.25) is 4.79 Å². The van der Waals surface area contributed by atoms with Gasteiger partial charge in [-0.2, -0.15) is 0 Å². The van der Waals surface area contributed by atoms with Gasteiger partial charge >= 0.3 is 0 Å². The monoisotopic (exact) mass is 215 g/mol. The molecule has 0 aliphatic heterocycles. The van der Waals surface area contributed by atoms with Crippen LogP contribution in [-0.2, 0) is 9.53 Å². The van der Waals surface area contributed by atoms with Gasteiger partial charge in [-0.05, 0) is 12.8 Å². The highest BCUT2D eigenvalue weighted by atomic mass is 16.5. The Hall–Kier alpha value is -0.570. The van der Waals surface area contributed by atoms with E-state index in [1.807, 2.05) is 11.9 Å². The molecule has 0 saturated carbocycles. The summed E-state index contributed by atoms with van der Waals surface area (Å²) in [5, 5.41) is 0. The minimum absolute atomic E-state index is 0.0899. The summed E-state index contributed by atoms with van der Waals surface area (Å²) in [5.74, 6) is 0.0899. The Kier molecular flexibility index (Phi) is 8.38. The number of methoxy groups -OCH3 is 1. The van der Waals surface area contributed by atoms with Crippen molar-refractivity contribution in [2.75, 3.05) is 20.8 Å². The van der Waals surface area contributed by atoms with Gasteiger partial charge in [-0.15, -0.1) is 0 Å². The molecule has 0 aliphatic carbocycles. The van der Waals surface area contributed by atoms with Crippen molar-refractivity contribution in [1.82, 2.24) is 4.90 Å². The second kappa shape index (κ2) is 8.72. The van der Waals surface area contributed by atoms with Crippen LogP contribution in [0.4, 0.5) is 0 Å². The number of hydrogen-bond acceptors (Lipinski definition) is 2. The second-order valence-electron chi connectivity index (χ2n) is 4.02. The topological polar surface area (TPSA) is 29.5 Å². The minimum Gasteiger partial charge on any atom is -0.375 e. The van der Waals surface area contributed by atoms with Crippen molar-refractivity contribution in [3.63, 3.8) is 0 Å². The first-order valence-electron chi connectivity index (χ1n) is 5.91. The van der Waals surface area contributed by atoms with E-state index in [2.05, 4.69) is 13.8 Å². The maximum atomic E-state index is 11.6. The molecule has 0 aromatic carbocycles. The predicted octanol–water partition coefficient (Wildman–Crippen LogP) is 2.45. The van der Waals surface area contributed by atoms with Gasteiger partial charge in [-0.25, -0.2) is 0 Å². The molecule has 0 aromatic heterocycles. The molecule has 0 spiro atoms. The second-order valence-corrected chi connectivity index (χ2v) is 4.02. The minimum atomic E-state index is 0.0899. The highest BCUT2D eigenvalue weighted by Gasteiger charge is 2.17. The fourth-order valence-electron chi connectivity index (χ4n) is 1.73. The first-order valence-corrected chi connectivity index (χ1v) is 5.91. The van der Waals surface area contributed by atoms with Gasteiger partial charge in [-0.1, -0.05) is 33.1 Å². The van der Waals surface area contributed by atoms with Gasteiger partial charge in [0.1, 0.15) is 6.61 Å². The molecule has 3 nitrogen and oxygen atoms in total. The Labute approximate surface area is 93.8 Å². The van der Waals surface area contributed by atoms with Crippen molar-refractivity contribution in [3.8, 4) is 0 Å². The summed E-state index contributed by atoms with van der Waals surface area (Å²) in [5.41, 5.74) is 0. The Morgan fingerprint density at radius 2 is 1.93 bits per heavy atom. The summed E-state index contributed by atoms with van der Waals surface area (Å²) in [6, 6.07) is 0.387. The zero-order valence-corrected chi connectivity index (χ0v) is 10.6. The SMILES string of the molecule is CCCCC(CCC)N(C)C(=O)COC. The third kappa shape index (κ3) is 5.78.